The molecule has 0 spiro atoms. The molecule has 0 radical (unpaired) electrons. The fourth-order valence-corrected chi connectivity index (χ4v) is 6.14. The summed E-state index contributed by atoms with van der Waals surface area (Å²) in [6.45, 7) is 9.23. The molecular formula is C23H38N2OS. The first-order valence-electron chi connectivity index (χ1n) is 11.0. The minimum Gasteiger partial charge on any atom is -0.508 e. The van der Waals surface area contributed by atoms with Crippen molar-refractivity contribution < 1.29 is 5.11 Å². The SMILES string of the molecule is CCCCCC(C)C(C)Sc1cc(O)c2c(c1)NC(C)C1CCC(N)CC21. The predicted molar refractivity (Wildman–Crippen MR) is 118 cm³/mol. The van der Waals surface area contributed by atoms with E-state index < -0.39 is 0 Å². The second kappa shape index (κ2) is 9.09. The summed E-state index contributed by atoms with van der Waals surface area (Å²) in [7, 11) is 0. The van der Waals surface area contributed by atoms with Gasteiger partial charge in [0.1, 0.15) is 5.75 Å². The van der Waals surface area contributed by atoms with Gasteiger partial charge in [-0.1, -0.05) is 40.0 Å². The molecule has 6 atom stereocenters. The molecule has 27 heavy (non-hydrogen) atoms. The van der Waals surface area contributed by atoms with Gasteiger partial charge in [-0.05, 0) is 62.5 Å². The van der Waals surface area contributed by atoms with Crippen LogP contribution in [0.3, 0.4) is 0 Å². The third-order valence-electron chi connectivity index (χ3n) is 6.86. The van der Waals surface area contributed by atoms with E-state index in [-0.39, 0.29) is 6.04 Å². The Balaban J connectivity index is 1.75. The highest BCUT2D eigenvalue weighted by Crippen LogP contribution is 2.50. The molecule has 1 heterocycles. The molecule has 1 saturated carbocycles. The standard InChI is InChI=1S/C23H38N2OS/c1-5-6-7-8-14(2)16(4)27-18-12-21-23(22(26)13-18)20-11-17(24)9-10-19(20)15(3)25-21/h12-17,19-20,25-26H,5-11,24H2,1-4H3. The number of nitrogens with one attached hydrogen (secondary N) is 1. The first-order chi connectivity index (χ1) is 12.9. The lowest BCUT2D eigenvalue weighted by atomic mass is 9.68. The van der Waals surface area contributed by atoms with Crippen LogP contribution in [-0.2, 0) is 0 Å². The lowest BCUT2D eigenvalue weighted by Gasteiger charge is -2.44. The van der Waals surface area contributed by atoms with Crippen LogP contribution >= 0.6 is 11.8 Å². The zero-order chi connectivity index (χ0) is 19.6. The largest absolute Gasteiger partial charge is 0.508 e. The Morgan fingerprint density at radius 3 is 2.78 bits per heavy atom. The summed E-state index contributed by atoms with van der Waals surface area (Å²) in [5.41, 5.74) is 8.51. The van der Waals surface area contributed by atoms with Crippen molar-refractivity contribution >= 4 is 17.4 Å². The summed E-state index contributed by atoms with van der Waals surface area (Å²) in [6, 6.07) is 4.97. The molecule has 2 aliphatic rings. The average molecular weight is 391 g/mol. The normalized spacial score (nSPS) is 29.4. The Bertz CT molecular complexity index is 635. The van der Waals surface area contributed by atoms with Gasteiger partial charge in [-0.25, -0.2) is 0 Å². The molecule has 0 saturated heterocycles. The number of anilines is 1. The molecule has 4 heteroatoms. The molecule has 1 aliphatic heterocycles. The van der Waals surface area contributed by atoms with Gasteiger partial charge >= 0.3 is 0 Å². The summed E-state index contributed by atoms with van der Waals surface area (Å²) in [5.74, 6) is 2.13. The Kier molecular flexibility index (Phi) is 7.02. The second-order valence-corrected chi connectivity index (χ2v) is 10.4. The van der Waals surface area contributed by atoms with Crippen LogP contribution in [-0.4, -0.2) is 22.4 Å². The summed E-state index contributed by atoms with van der Waals surface area (Å²) in [6.07, 6.45) is 8.47. The van der Waals surface area contributed by atoms with Gasteiger partial charge in [-0.15, -0.1) is 11.8 Å². The van der Waals surface area contributed by atoms with Gasteiger partial charge < -0.3 is 16.2 Å². The number of rotatable bonds is 7. The highest BCUT2D eigenvalue weighted by atomic mass is 32.2. The quantitative estimate of drug-likeness (QED) is 0.388. The number of benzene rings is 1. The zero-order valence-electron chi connectivity index (χ0n) is 17.5. The van der Waals surface area contributed by atoms with E-state index in [1.54, 1.807) is 0 Å². The van der Waals surface area contributed by atoms with E-state index in [1.807, 2.05) is 17.8 Å². The smallest absolute Gasteiger partial charge is 0.122 e. The van der Waals surface area contributed by atoms with Crippen molar-refractivity contribution in [2.24, 2.45) is 17.6 Å². The van der Waals surface area contributed by atoms with E-state index in [0.717, 1.165) is 30.5 Å². The maximum Gasteiger partial charge on any atom is 0.122 e. The van der Waals surface area contributed by atoms with Gasteiger partial charge in [0.05, 0.1) is 0 Å². The van der Waals surface area contributed by atoms with Gasteiger partial charge in [0.25, 0.3) is 0 Å². The number of hydrogen-bond acceptors (Lipinski definition) is 4. The molecule has 0 aromatic heterocycles. The zero-order valence-corrected chi connectivity index (χ0v) is 18.3. The van der Waals surface area contributed by atoms with Crippen molar-refractivity contribution in [3.63, 3.8) is 0 Å². The van der Waals surface area contributed by atoms with Crippen LogP contribution in [0.15, 0.2) is 17.0 Å². The van der Waals surface area contributed by atoms with Gasteiger partial charge in [0, 0.05) is 33.5 Å². The minimum absolute atomic E-state index is 0.266. The van der Waals surface area contributed by atoms with Crippen molar-refractivity contribution in [2.75, 3.05) is 5.32 Å². The first-order valence-corrected chi connectivity index (χ1v) is 11.8. The molecule has 152 valence electrons. The average Bonchev–Trinajstić information content (AvgIpc) is 2.61. The number of fused-ring (bicyclic) bond motifs is 3. The fourth-order valence-electron chi connectivity index (χ4n) is 4.98. The lowest BCUT2D eigenvalue weighted by Crippen LogP contribution is -2.42. The van der Waals surface area contributed by atoms with Crippen LogP contribution in [0.25, 0.3) is 0 Å². The highest BCUT2D eigenvalue weighted by molar-refractivity contribution is 8.00. The van der Waals surface area contributed by atoms with Crippen molar-refractivity contribution in [3.8, 4) is 5.75 Å². The van der Waals surface area contributed by atoms with Crippen LogP contribution in [0.1, 0.15) is 84.1 Å². The summed E-state index contributed by atoms with van der Waals surface area (Å²) < 4.78 is 0. The predicted octanol–water partition coefficient (Wildman–Crippen LogP) is 6.11. The van der Waals surface area contributed by atoms with Crippen LogP contribution in [0.4, 0.5) is 5.69 Å². The number of phenolic OH excluding ortho intramolecular Hbond substituents is 1. The topological polar surface area (TPSA) is 58.3 Å². The summed E-state index contributed by atoms with van der Waals surface area (Å²) in [4.78, 5) is 1.18. The van der Waals surface area contributed by atoms with Gasteiger partial charge in [-0.3, -0.25) is 0 Å². The number of unbranched alkanes of at least 4 members (excludes halogenated alkanes) is 2. The molecule has 3 rings (SSSR count). The van der Waals surface area contributed by atoms with Gasteiger partial charge in [-0.2, -0.15) is 0 Å². The molecule has 3 nitrogen and oxygen atoms in total. The van der Waals surface area contributed by atoms with Gasteiger partial charge in [0.15, 0.2) is 0 Å². The Hall–Kier alpha value is -0.870. The maximum atomic E-state index is 10.9. The number of aromatic hydroxyl groups is 1. The number of phenols is 1. The molecule has 1 fully saturated rings. The number of nitrogens with two attached hydrogens (primary N) is 1. The van der Waals surface area contributed by atoms with E-state index in [0.29, 0.717) is 34.8 Å². The minimum atomic E-state index is 0.266. The molecule has 1 aromatic carbocycles. The van der Waals surface area contributed by atoms with E-state index in [1.165, 1.54) is 30.6 Å². The molecule has 0 bridgehead atoms. The van der Waals surface area contributed by atoms with Crippen LogP contribution in [0.5, 0.6) is 5.75 Å². The Labute approximate surface area is 169 Å². The second-order valence-electron chi connectivity index (χ2n) is 8.98. The van der Waals surface area contributed by atoms with E-state index >= 15 is 0 Å². The van der Waals surface area contributed by atoms with E-state index in [2.05, 4.69) is 39.1 Å². The highest BCUT2D eigenvalue weighted by Gasteiger charge is 2.39. The van der Waals surface area contributed by atoms with Crippen LogP contribution < -0.4 is 11.1 Å². The lowest BCUT2D eigenvalue weighted by molar-refractivity contribution is 0.246. The maximum absolute atomic E-state index is 10.9. The molecule has 0 amide bonds. The first kappa shape index (κ1) is 20.9. The number of thioether (sulfide) groups is 1. The Morgan fingerprint density at radius 1 is 1.26 bits per heavy atom. The van der Waals surface area contributed by atoms with Crippen LogP contribution in [0.2, 0.25) is 0 Å². The molecule has 6 unspecified atom stereocenters. The van der Waals surface area contributed by atoms with Crippen molar-refractivity contribution in [3.05, 3.63) is 17.7 Å². The molecular weight excluding hydrogens is 352 g/mol. The summed E-state index contributed by atoms with van der Waals surface area (Å²) in [5, 5.41) is 15.1. The third kappa shape index (κ3) is 4.76. The van der Waals surface area contributed by atoms with Crippen LogP contribution in [0, 0.1) is 11.8 Å². The molecule has 1 aromatic rings. The molecule has 1 aliphatic carbocycles. The van der Waals surface area contributed by atoms with E-state index in [9.17, 15) is 5.11 Å². The van der Waals surface area contributed by atoms with Gasteiger partial charge in [0.2, 0.25) is 0 Å². The van der Waals surface area contributed by atoms with E-state index in [4.69, 9.17) is 5.73 Å². The van der Waals surface area contributed by atoms with Crippen molar-refractivity contribution in [1.82, 2.24) is 0 Å². The third-order valence-corrected chi connectivity index (χ3v) is 8.20. The Morgan fingerprint density at radius 2 is 2.04 bits per heavy atom. The summed E-state index contributed by atoms with van der Waals surface area (Å²) >= 11 is 1.90. The molecule has 4 N–H and O–H groups in total. The fraction of sp³-hybridized carbons (Fsp3) is 0.739. The monoisotopic (exact) mass is 390 g/mol. The number of hydrogen-bond donors (Lipinski definition) is 3. The van der Waals surface area contributed by atoms with Crippen molar-refractivity contribution in [1.29, 1.82) is 0 Å². The van der Waals surface area contributed by atoms with Crippen molar-refractivity contribution in [2.45, 2.75) is 101 Å².